The summed E-state index contributed by atoms with van der Waals surface area (Å²) in [7, 11) is 1.79. The predicted molar refractivity (Wildman–Crippen MR) is 384 cm³/mol. The van der Waals surface area contributed by atoms with Crippen LogP contribution < -0.4 is 37.2 Å². The number of amides is 4. The zero-order chi connectivity index (χ0) is 70.6. The Balaban J connectivity index is 0.000000145. The summed E-state index contributed by atoms with van der Waals surface area (Å²) in [5.41, 5.74) is 10.9. The molecule has 3 aromatic carbocycles. The molecule has 0 saturated carbocycles. The number of hydrogen-bond acceptors (Lipinski definition) is 25. The van der Waals surface area contributed by atoms with Crippen molar-refractivity contribution >= 4 is 86.9 Å². The van der Waals surface area contributed by atoms with E-state index in [2.05, 4.69) is 127 Å². The van der Waals surface area contributed by atoms with Crippen LogP contribution in [0.25, 0.3) is 101 Å². The highest BCUT2D eigenvalue weighted by molar-refractivity contribution is 6.00. The first-order valence-electron chi connectivity index (χ1n) is 33.0. The topological polar surface area (TPSA) is 394 Å². The number of urea groups is 1. The lowest BCUT2D eigenvalue weighted by Gasteiger charge is -2.26. The third-order valence-corrected chi connectivity index (χ3v) is 15.9. The van der Waals surface area contributed by atoms with Gasteiger partial charge in [-0.2, -0.15) is 0 Å². The molecule has 2 aliphatic heterocycles. The molecule has 2 aliphatic rings. The van der Waals surface area contributed by atoms with E-state index in [1.807, 2.05) is 49.4 Å². The molecule has 11 heterocycles. The Morgan fingerprint density at radius 3 is 1.36 bits per heavy atom. The number of pyridine rings is 2. The Hall–Kier alpha value is -12.3. The van der Waals surface area contributed by atoms with Crippen molar-refractivity contribution < 1.29 is 37.7 Å². The highest BCUT2D eigenvalue weighted by Gasteiger charge is 2.22. The SMILES string of the molecule is CCNC(=O)Nc1nc2c(-c3ncccn3)cc(-c3cnc(NCCN4CCOCC4)nc3)cc2[nH]1.CCOC(=O)Nc1nc2c(-c3ncccc3F)cc(-c3ccc(NC)nc3)cc2[nH]1.CCOC(=O)Nc1nc2c(-c3ncccn3)cc(-c3cnc(NCCN4CCOCC4)nc3)cc2[nH]1. The van der Waals surface area contributed by atoms with Crippen molar-refractivity contribution in [2.75, 3.05) is 137 Å². The van der Waals surface area contributed by atoms with Crippen LogP contribution >= 0.6 is 0 Å². The molecule has 32 nitrogen and oxygen atoms in total. The number of carbonyl (C=O) groups excluding carboxylic acids is 3. The fourth-order valence-corrected chi connectivity index (χ4v) is 11.0. The van der Waals surface area contributed by atoms with Gasteiger partial charge >= 0.3 is 18.2 Å². The minimum absolute atomic E-state index is 0.165. The van der Waals surface area contributed by atoms with Crippen molar-refractivity contribution in [1.29, 1.82) is 0 Å². The van der Waals surface area contributed by atoms with Gasteiger partial charge in [0.05, 0.1) is 56.2 Å². The van der Waals surface area contributed by atoms with Gasteiger partial charge in [-0.25, -0.2) is 78.6 Å². The van der Waals surface area contributed by atoms with Crippen LogP contribution in [0.1, 0.15) is 20.8 Å². The first kappa shape index (κ1) is 69.6. The summed E-state index contributed by atoms with van der Waals surface area (Å²) in [6.07, 6.45) is 15.8. The normalized spacial score (nSPS) is 13.1. The van der Waals surface area contributed by atoms with Crippen molar-refractivity contribution in [3.05, 3.63) is 141 Å². The standard InChI is InChI=1S/C24H28N10O2.C24H27N9O3.C21H19FN6O2/c1-2-25-24(35)33-23-31-19-13-16(12-18(20(19)32-23)21-26-4-3-5-27-21)17-14-29-22(30-15-17)28-6-7-34-8-10-36-11-9-34;1-2-36-24(34)32-23-30-19-13-16(12-18(20(19)31-23)21-25-4-3-5-26-21)17-14-28-22(29-15-17)27-6-7-33-8-10-35-11-9-33;1-3-30-21(29)28-20-26-16-10-13(12-6-7-17(23-2)25-11-12)9-14(19(16)27-20)18-15(22)5-4-8-24-18/h3-5,12-15H,2,6-11H2,1H3,(H,28,29,30)(H3,25,31,32,33,35);3-5,12-15H,2,6-11H2,1H3,(H,27,28,29)(H2,30,31,32,34);4-11H,3H2,1-2H3,(H,23,25)(H2,26,27,28,29). The van der Waals surface area contributed by atoms with E-state index in [0.29, 0.717) is 74.7 Å². The number of nitrogens with one attached hydrogen (secondary N) is 10. The zero-order valence-electron chi connectivity index (χ0n) is 56.3. The van der Waals surface area contributed by atoms with Gasteiger partial charge in [0, 0.05) is 161 Å². The minimum Gasteiger partial charge on any atom is -0.450 e. The number of benzene rings is 3. The molecule has 0 unspecified atom stereocenters. The van der Waals surface area contributed by atoms with Gasteiger partial charge in [-0.15, -0.1) is 0 Å². The molecule has 12 aromatic rings. The molecule has 0 aliphatic carbocycles. The number of morpholine rings is 2. The third-order valence-electron chi connectivity index (χ3n) is 15.9. The highest BCUT2D eigenvalue weighted by atomic mass is 19.1. The largest absolute Gasteiger partial charge is 0.450 e. The highest BCUT2D eigenvalue weighted by Crippen LogP contribution is 2.36. The van der Waals surface area contributed by atoms with Crippen molar-refractivity contribution in [2.24, 2.45) is 0 Å². The number of carbonyl (C=O) groups is 3. The van der Waals surface area contributed by atoms with Crippen LogP contribution in [0, 0.1) is 5.82 Å². The van der Waals surface area contributed by atoms with E-state index in [1.165, 1.54) is 18.3 Å². The number of imidazole rings is 3. The fourth-order valence-electron chi connectivity index (χ4n) is 11.0. The van der Waals surface area contributed by atoms with E-state index in [4.69, 9.17) is 18.9 Å². The summed E-state index contributed by atoms with van der Waals surface area (Å²) < 4.78 is 35.2. The molecule has 33 heteroatoms. The number of aromatic nitrogens is 16. The van der Waals surface area contributed by atoms with Gasteiger partial charge in [0.15, 0.2) is 11.6 Å². The van der Waals surface area contributed by atoms with E-state index in [0.717, 1.165) is 129 Å². The second-order valence-electron chi connectivity index (χ2n) is 22.7. The Kier molecular flexibility index (Phi) is 23.2. The summed E-state index contributed by atoms with van der Waals surface area (Å²) >= 11 is 0. The number of fused-ring (bicyclic) bond motifs is 3. The maximum Gasteiger partial charge on any atom is 0.413 e. The number of ether oxygens (including phenoxy) is 4. The molecular weight excluding hydrogens is 1310 g/mol. The van der Waals surface area contributed by atoms with Crippen LogP contribution in [0.3, 0.4) is 0 Å². The molecule has 0 atom stereocenters. The van der Waals surface area contributed by atoms with Gasteiger partial charge in [0.25, 0.3) is 0 Å². The third kappa shape index (κ3) is 17.9. The van der Waals surface area contributed by atoms with E-state index < -0.39 is 18.0 Å². The smallest absolute Gasteiger partial charge is 0.413 e. The summed E-state index contributed by atoms with van der Waals surface area (Å²) in [5, 5.41) is 20.1. The number of rotatable bonds is 21. The van der Waals surface area contributed by atoms with Gasteiger partial charge in [0.1, 0.15) is 33.9 Å². The van der Waals surface area contributed by atoms with E-state index >= 15 is 0 Å². The Morgan fingerprint density at radius 1 is 0.500 bits per heavy atom. The van der Waals surface area contributed by atoms with Crippen LogP contribution in [-0.2, 0) is 18.9 Å². The minimum atomic E-state index is -0.630. The molecule has 9 aromatic heterocycles. The van der Waals surface area contributed by atoms with Crippen LogP contribution in [0.15, 0.2) is 135 Å². The molecule has 2 saturated heterocycles. The van der Waals surface area contributed by atoms with E-state index in [1.54, 1.807) is 94.9 Å². The van der Waals surface area contributed by atoms with Gasteiger partial charge < -0.3 is 55.2 Å². The quantitative estimate of drug-likeness (QED) is 0.0320. The Bertz CT molecular complexity index is 4570. The number of H-pyrrole nitrogens is 3. The second kappa shape index (κ2) is 34.0. The monoisotopic (exact) mass is 1380 g/mol. The van der Waals surface area contributed by atoms with E-state index in [-0.39, 0.29) is 36.8 Å². The summed E-state index contributed by atoms with van der Waals surface area (Å²) in [4.78, 5) is 107. The average molecular weight is 1380 g/mol. The van der Waals surface area contributed by atoms with Gasteiger partial charge in [-0.1, -0.05) is 0 Å². The molecule has 0 spiro atoms. The molecule has 524 valence electrons. The molecule has 102 heavy (non-hydrogen) atoms. The maximum atomic E-state index is 14.5. The van der Waals surface area contributed by atoms with Crippen molar-refractivity contribution in [3.8, 4) is 67.4 Å². The number of halogens is 1. The van der Waals surface area contributed by atoms with Crippen LogP contribution in [0.2, 0.25) is 0 Å². The summed E-state index contributed by atoms with van der Waals surface area (Å²) in [6.45, 7) is 16.6. The second-order valence-corrected chi connectivity index (χ2v) is 22.7. The maximum absolute atomic E-state index is 14.5. The molecule has 2 fully saturated rings. The van der Waals surface area contributed by atoms with E-state index in [9.17, 15) is 18.8 Å². The van der Waals surface area contributed by atoms with Gasteiger partial charge in [-0.05, 0) is 110 Å². The summed E-state index contributed by atoms with van der Waals surface area (Å²) in [6, 6.07) is 21.2. The van der Waals surface area contributed by atoms with Crippen molar-refractivity contribution in [2.45, 2.75) is 20.8 Å². The van der Waals surface area contributed by atoms with Gasteiger partial charge in [-0.3, -0.25) is 30.7 Å². The molecule has 4 amide bonds. The average Bonchev–Trinajstić information content (AvgIpc) is 1.57. The van der Waals surface area contributed by atoms with Crippen LogP contribution in [-0.4, -0.2) is 213 Å². The molecular formula is C69H74FN25O7. The lowest BCUT2D eigenvalue weighted by atomic mass is 10.0. The molecule has 0 radical (unpaired) electrons. The number of aromatic amines is 3. The molecule has 0 bridgehead atoms. The molecule has 14 rings (SSSR count). The predicted octanol–water partition coefficient (Wildman–Crippen LogP) is 9.59. The number of hydrogen-bond donors (Lipinski definition) is 10. The van der Waals surface area contributed by atoms with Gasteiger partial charge in [0.2, 0.25) is 29.7 Å². The first-order chi connectivity index (χ1) is 50.0. The number of anilines is 6. The fraction of sp³-hybridized carbons (Fsp3) is 0.275. The van der Waals surface area contributed by atoms with Crippen molar-refractivity contribution in [3.63, 3.8) is 0 Å². The Morgan fingerprint density at radius 2 is 0.931 bits per heavy atom. The summed E-state index contributed by atoms with van der Waals surface area (Å²) in [5.74, 6) is 3.26. The Labute approximate surface area is 583 Å². The van der Waals surface area contributed by atoms with Crippen LogP contribution in [0.5, 0.6) is 0 Å². The number of nitrogens with zero attached hydrogens (tertiary/aromatic N) is 15. The zero-order valence-corrected chi connectivity index (χ0v) is 56.3. The first-order valence-corrected chi connectivity index (χ1v) is 33.0. The van der Waals surface area contributed by atoms with Crippen molar-refractivity contribution in [1.82, 2.24) is 94.9 Å². The molecule has 10 N–H and O–H groups in total. The lowest BCUT2D eigenvalue weighted by molar-refractivity contribution is 0.0398. The lowest BCUT2D eigenvalue weighted by Crippen LogP contribution is -2.39. The van der Waals surface area contributed by atoms with Crippen LogP contribution in [0.4, 0.5) is 54.3 Å².